The molecule has 1 aliphatic carbocycles. The van der Waals surface area contributed by atoms with Gasteiger partial charge < -0.3 is 14.2 Å². The second-order valence-electron chi connectivity index (χ2n) is 6.04. The number of halogens is 3. The Hall–Kier alpha value is -1.82. The highest BCUT2D eigenvalue weighted by Gasteiger charge is 2.60. The molecule has 0 spiro atoms. The number of hydrogen-bond acceptors (Lipinski definition) is 4. The zero-order valence-electron chi connectivity index (χ0n) is 13.6. The van der Waals surface area contributed by atoms with Gasteiger partial charge in [-0.2, -0.15) is 8.78 Å². The van der Waals surface area contributed by atoms with Gasteiger partial charge in [-0.3, -0.25) is 4.79 Å². The smallest absolute Gasteiger partial charge is 0.437 e. The molecule has 0 bridgehead atoms. The Kier molecular flexibility index (Phi) is 5.38. The number of hydrogen-bond donors (Lipinski definition) is 0. The Balaban J connectivity index is 2.06. The summed E-state index contributed by atoms with van der Waals surface area (Å²) >= 11 is 5.75. The van der Waals surface area contributed by atoms with Crippen LogP contribution < -0.4 is 9.47 Å². The molecule has 0 amide bonds. The average Bonchev–Trinajstić information content (AvgIpc) is 3.01. The van der Waals surface area contributed by atoms with Crippen molar-refractivity contribution < 1.29 is 27.8 Å². The summed E-state index contributed by atoms with van der Waals surface area (Å²) in [6, 6.07) is 5.82. The van der Waals surface area contributed by atoms with Gasteiger partial charge in [0.05, 0.1) is 6.61 Å². The van der Waals surface area contributed by atoms with Crippen molar-refractivity contribution in [2.24, 2.45) is 11.3 Å². The molecule has 0 saturated heterocycles. The first-order valence-electron chi connectivity index (χ1n) is 7.49. The maximum Gasteiger partial charge on any atom is 0.437 e. The van der Waals surface area contributed by atoms with E-state index in [0.29, 0.717) is 18.8 Å². The van der Waals surface area contributed by atoms with Crippen molar-refractivity contribution in [3.63, 3.8) is 0 Å². The molecule has 2 unspecified atom stereocenters. The lowest BCUT2D eigenvalue weighted by Crippen LogP contribution is -2.25. The standard InChI is InChI=1S/C17H19ClF2O4/c1-4-22-11-5-7-12(8-6-11)24-17(19,20)14(18)9-13-15(23-10-21)16(13,2)3/h5-10,13,15H,4H2,1-3H3/b14-9+. The molecule has 24 heavy (non-hydrogen) atoms. The fourth-order valence-corrected chi connectivity index (χ4v) is 2.65. The summed E-state index contributed by atoms with van der Waals surface area (Å²) in [6.45, 7) is 6.22. The second kappa shape index (κ2) is 6.97. The summed E-state index contributed by atoms with van der Waals surface area (Å²) in [5, 5.41) is -0.744. The predicted octanol–water partition coefficient (Wildman–Crippen LogP) is 4.38. The first-order valence-corrected chi connectivity index (χ1v) is 7.86. The fourth-order valence-electron chi connectivity index (χ4n) is 2.47. The van der Waals surface area contributed by atoms with Crippen LogP contribution in [0.3, 0.4) is 0 Å². The predicted molar refractivity (Wildman–Crippen MR) is 85.3 cm³/mol. The SMILES string of the molecule is CCOc1ccc(OC(F)(F)/C(Cl)=C\C2C(OC=O)C2(C)C)cc1. The van der Waals surface area contributed by atoms with Crippen LogP contribution in [0.5, 0.6) is 11.5 Å². The van der Waals surface area contributed by atoms with E-state index in [4.69, 9.17) is 21.1 Å². The van der Waals surface area contributed by atoms with Crippen LogP contribution in [0, 0.1) is 11.3 Å². The highest BCUT2D eigenvalue weighted by Crippen LogP contribution is 2.55. The molecule has 2 atom stereocenters. The Morgan fingerprint density at radius 1 is 1.29 bits per heavy atom. The molecule has 0 aliphatic heterocycles. The van der Waals surface area contributed by atoms with Crippen molar-refractivity contribution in [2.45, 2.75) is 33.0 Å². The Morgan fingerprint density at radius 2 is 1.88 bits per heavy atom. The van der Waals surface area contributed by atoms with E-state index in [2.05, 4.69) is 4.74 Å². The van der Waals surface area contributed by atoms with Gasteiger partial charge in [0.1, 0.15) is 22.6 Å². The average molecular weight is 361 g/mol. The monoisotopic (exact) mass is 360 g/mol. The maximum atomic E-state index is 14.1. The molecule has 1 saturated carbocycles. The van der Waals surface area contributed by atoms with Crippen LogP contribution in [-0.4, -0.2) is 25.3 Å². The van der Waals surface area contributed by atoms with Gasteiger partial charge >= 0.3 is 6.11 Å². The van der Waals surface area contributed by atoms with E-state index in [0.717, 1.165) is 0 Å². The van der Waals surface area contributed by atoms with E-state index in [1.807, 2.05) is 6.92 Å². The molecule has 1 fully saturated rings. The van der Waals surface area contributed by atoms with Crippen LogP contribution in [0.1, 0.15) is 20.8 Å². The number of rotatable bonds is 8. The molecule has 1 aromatic carbocycles. The number of carbonyl (C=O) groups is 1. The summed E-state index contributed by atoms with van der Waals surface area (Å²) < 4.78 is 43.1. The van der Waals surface area contributed by atoms with Gasteiger partial charge in [0.15, 0.2) is 0 Å². The number of benzene rings is 1. The second-order valence-corrected chi connectivity index (χ2v) is 6.45. The van der Waals surface area contributed by atoms with Crippen LogP contribution in [0.15, 0.2) is 35.4 Å². The molecule has 1 aromatic rings. The molecule has 4 nitrogen and oxygen atoms in total. The van der Waals surface area contributed by atoms with E-state index in [1.54, 1.807) is 13.8 Å². The normalized spacial score (nSPS) is 22.7. The van der Waals surface area contributed by atoms with E-state index < -0.39 is 22.7 Å². The van der Waals surface area contributed by atoms with Crippen molar-refractivity contribution in [1.29, 1.82) is 0 Å². The molecular formula is C17H19ClF2O4. The van der Waals surface area contributed by atoms with Crippen molar-refractivity contribution in [1.82, 2.24) is 0 Å². The summed E-state index contributed by atoms with van der Waals surface area (Å²) in [5.41, 5.74) is -0.434. The number of carbonyl (C=O) groups excluding carboxylic acids is 1. The minimum atomic E-state index is -3.68. The zero-order chi connectivity index (χ0) is 18.0. The number of alkyl halides is 2. The Morgan fingerprint density at radius 3 is 2.42 bits per heavy atom. The molecule has 132 valence electrons. The lowest BCUT2D eigenvalue weighted by Gasteiger charge is -2.17. The summed E-state index contributed by atoms with van der Waals surface area (Å²) in [5.74, 6) is 0.138. The quantitative estimate of drug-likeness (QED) is 0.645. The van der Waals surface area contributed by atoms with Gasteiger partial charge in [-0.05, 0) is 31.2 Å². The van der Waals surface area contributed by atoms with E-state index >= 15 is 0 Å². The molecule has 0 N–H and O–H groups in total. The van der Waals surface area contributed by atoms with Gasteiger partial charge in [0, 0.05) is 11.3 Å². The van der Waals surface area contributed by atoms with Gasteiger partial charge in [-0.25, -0.2) is 0 Å². The summed E-state index contributed by atoms with van der Waals surface area (Å²) in [7, 11) is 0. The third kappa shape index (κ3) is 3.98. The number of ether oxygens (including phenoxy) is 3. The lowest BCUT2D eigenvalue weighted by atomic mass is 10.1. The van der Waals surface area contributed by atoms with Crippen molar-refractivity contribution >= 4 is 18.1 Å². The molecule has 0 heterocycles. The van der Waals surface area contributed by atoms with Crippen LogP contribution in [0.2, 0.25) is 0 Å². The molecule has 0 radical (unpaired) electrons. The molecule has 0 aromatic heterocycles. The van der Waals surface area contributed by atoms with Gasteiger partial charge in [-0.15, -0.1) is 0 Å². The highest BCUT2D eigenvalue weighted by atomic mass is 35.5. The largest absolute Gasteiger partial charge is 0.494 e. The molecule has 2 rings (SSSR count). The first-order chi connectivity index (χ1) is 11.2. The van der Waals surface area contributed by atoms with Gasteiger partial charge in [0.2, 0.25) is 0 Å². The van der Waals surface area contributed by atoms with E-state index in [1.165, 1.54) is 30.3 Å². The van der Waals surface area contributed by atoms with E-state index in [9.17, 15) is 13.6 Å². The minimum Gasteiger partial charge on any atom is -0.494 e. The Labute approximate surface area is 144 Å². The minimum absolute atomic E-state index is 0.0363. The van der Waals surface area contributed by atoms with E-state index in [-0.39, 0.29) is 11.7 Å². The molecule has 7 heteroatoms. The maximum absolute atomic E-state index is 14.1. The third-order valence-corrected chi connectivity index (χ3v) is 4.34. The topological polar surface area (TPSA) is 44.8 Å². The van der Waals surface area contributed by atoms with Crippen molar-refractivity contribution in [3.8, 4) is 11.5 Å². The van der Waals surface area contributed by atoms with Crippen molar-refractivity contribution in [3.05, 3.63) is 35.4 Å². The summed E-state index contributed by atoms with van der Waals surface area (Å²) in [4.78, 5) is 10.4. The van der Waals surface area contributed by atoms with Crippen LogP contribution in [0.25, 0.3) is 0 Å². The molecular weight excluding hydrogens is 342 g/mol. The van der Waals surface area contributed by atoms with Crippen LogP contribution in [0.4, 0.5) is 8.78 Å². The van der Waals surface area contributed by atoms with Crippen molar-refractivity contribution in [2.75, 3.05) is 6.61 Å². The fraction of sp³-hybridized carbons (Fsp3) is 0.471. The zero-order valence-corrected chi connectivity index (χ0v) is 14.3. The van der Waals surface area contributed by atoms with Gasteiger partial charge in [0.25, 0.3) is 6.47 Å². The van der Waals surface area contributed by atoms with Crippen LogP contribution >= 0.6 is 11.6 Å². The summed E-state index contributed by atoms with van der Waals surface area (Å²) in [6.07, 6.45) is -2.96. The van der Waals surface area contributed by atoms with Crippen LogP contribution in [-0.2, 0) is 9.53 Å². The highest BCUT2D eigenvalue weighted by molar-refractivity contribution is 6.30. The first kappa shape index (κ1) is 18.5. The molecule has 1 aliphatic rings. The Bertz CT molecular complexity index is 614. The third-order valence-electron chi connectivity index (χ3n) is 4.00. The van der Waals surface area contributed by atoms with Gasteiger partial charge in [-0.1, -0.05) is 31.5 Å². The lowest BCUT2D eigenvalue weighted by molar-refractivity contribution is -0.136.